The average molecular weight is 333 g/mol. The number of aromatic nitrogens is 2. The summed E-state index contributed by atoms with van der Waals surface area (Å²) in [6.45, 7) is 0. The van der Waals surface area contributed by atoms with Gasteiger partial charge in [-0.3, -0.25) is 0 Å². The Labute approximate surface area is 138 Å². The van der Waals surface area contributed by atoms with Crippen molar-refractivity contribution in [3.63, 3.8) is 0 Å². The second-order valence-corrected chi connectivity index (χ2v) is 6.50. The minimum Gasteiger partial charge on any atom is -0.378 e. The van der Waals surface area contributed by atoms with Gasteiger partial charge in [-0.05, 0) is 42.5 Å². The first-order valence-electron chi connectivity index (χ1n) is 6.88. The lowest BCUT2D eigenvalue weighted by Gasteiger charge is -2.16. The number of nitrogens with zero attached hydrogens (tertiary/aromatic N) is 4. The molecule has 0 bridgehead atoms. The maximum absolute atomic E-state index is 5.92. The highest BCUT2D eigenvalue weighted by Crippen LogP contribution is 2.20. The molecule has 0 radical (unpaired) electrons. The van der Waals surface area contributed by atoms with Gasteiger partial charge in [-0.15, -0.1) is 0 Å². The Kier molecular flexibility index (Phi) is 4.09. The van der Waals surface area contributed by atoms with Gasteiger partial charge in [0.05, 0.1) is 11.4 Å². The van der Waals surface area contributed by atoms with Crippen molar-refractivity contribution in [1.29, 1.82) is 0 Å². The largest absolute Gasteiger partial charge is 0.378 e. The predicted octanol–water partition coefficient (Wildman–Crippen LogP) is 3.83. The zero-order valence-electron chi connectivity index (χ0n) is 12.7. The summed E-state index contributed by atoms with van der Waals surface area (Å²) in [6.07, 6.45) is 0. The molecule has 0 aliphatic heterocycles. The summed E-state index contributed by atoms with van der Waals surface area (Å²) in [5, 5.41) is 0.742. The maximum atomic E-state index is 5.92. The Bertz CT molecular complexity index is 840. The van der Waals surface area contributed by atoms with Crippen LogP contribution >= 0.6 is 23.1 Å². The van der Waals surface area contributed by atoms with Gasteiger partial charge in [0.25, 0.3) is 0 Å². The van der Waals surface area contributed by atoms with Crippen molar-refractivity contribution in [3.05, 3.63) is 58.4 Å². The van der Waals surface area contributed by atoms with Gasteiger partial charge < -0.3 is 4.90 Å². The van der Waals surface area contributed by atoms with E-state index in [1.54, 1.807) is 11.5 Å². The quantitative estimate of drug-likeness (QED) is 0.715. The summed E-state index contributed by atoms with van der Waals surface area (Å²) < 4.78 is 4.10. The minimum absolute atomic E-state index is 0.742. The van der Waals surface area contributed by atoms with Gasteiger partial charge >= 0.3 is 0 Å². The summed E-state index contributed by atoms with van der Waals surface area (Å²) in [5.74, 6) is 0. The number of benzene rings is 2. The first kappa shape index (κ1) is 14.9. The summed E-state index contributed by atoms with van der Waals surface area (Å²) in [5.41, 5.74) is 3.18. The number of hydrogen-bond donors (Lipinski definition) is 0. The van der Waals surface area contributed by atoms with Gasteiger partial charge in [0.2, 0.25) is 4.80 Å². The Morgan fingerprint density at radius 2 is 1.82 bits per heavy atom. The molecule has 0 N–H and O–H groups in total. The molecule has 2 aromatic carbocycles. The Hall–Kier alpha value is -1.98. The van der Waals surface area contributed by atoms with Crippen molar-refractivity contribution in [2.45, 2.75) is 0 Å². The highest BCUT2D eigenvalue weighted by atomic mass is 35.5. The van der Waals surface area contributed by atoms with Crippen LogP contribution in [0.3, 0.4) is 0 Å². The molecular weight excluding hydrogens is 316 g/mol. The smallest absolute Gasteiger partial charge is 0.223 e. The second-order valence-electron chi connectivity index (χ2n) is 5.17. The number of hydrogen-bond acceptors (Lipinski definition) is 3. The summed E-state index contributed by atoms with van der Waals surface area (Å²) in [6, 6.07) is 16.0. The third kappa shape index (κ3) is 2.96. The summed E-state index contributed by atoms with van der Waals surface area (Å²) in [4.78, 5) is 7.73. The molecule has 6 heteroatoms. The molecule has 114 valence electrons. The fourth-order valence-corrected chi connectivity index (χ4v) is 3.02. The molecule has 0 fully saturated rings. The topological polar surface area (TPSA) is 25.5 Å². The number of halogens is 1. The molecule has 0 saturated heterocycles. The molecule has 3 aromatic rings. The minimum atomic E-state index is 0.742. The van der Waals surface area contributed by atoms with E-state index in [9.17, 15) is 0 Å². The second kappa shape index (κ2) is 6.02. The molecule has 0 unspecified atom stereocenters. The zero-order chi connectivity index (χ0) is 15.7. The highest BCUT2D eigenvalue weighted by Gasteiger charge is 2.06. The van der Waals surface area contributed by atoms with Crippen molar-refractivity contribution in [3.8, 4) is 5.69 Å². The van der Waals surface area contributed by atoms with Gasteiger partial charge in [0.1, 0.15) is 0 Å². The Morgan fingerprint density at radius 3 is 2.45 bits per heavy atom. The fourth-order valence-electron chi connectivity index (χ4n) is 2.08. The molecule has 0 saturated carbocycles. The van der Waals surface area contributed by atoms with E-state index in [1.165, 1.54) is 0 Å². The van der Waals surface area contributed by atoms with Gasteiger partial charge in [-0.25, -0.2) is 13.7 Å². The predicted molar refractivity (Wildman–Crippen MR) is 93.6 cm³/mol. The number of rotatable bonds is 3. The van der Waals surface area contributed by atoms with Gasteiger partial charge in [0, 0.05) is 43.4 Å². The van der Waals surface area contributed by atoms with Crippen LogP contribution in [0, 0.1) is 0 Å². The van der Waals surface area contributed by atoms with E-state index >= 15 is 0 Å². The lowest BCUT2D eigenvalue weighted by molar-refractivity contribution is 0.634. The van der Waals surface area contributed by atoms with Crippen LogP contribution < -0.4 is 9.70 Å². The molecule has 0 amide bonds. The van der Waals surface area contributed by atoms with E-state index in [2.05, 4.69) is 21.1 Å². The van der Waals surface area contributed by atoms with Crippen LogP contribution in [0.1, 0.15) is 0 Å². The molecule has 4 nitrogen and oxygen atoms in total. The number of anilines is 1. The van der Waals surface area contributed by atoms with Crippen molar-refractivity contribution in [1.82, 2.24) is 8.75 Å². The van der Waals surface area contributed by atoms with Crippen LogP contribution in [-0.4, -0.2) is 22.8 Å². The lowest BCUT2D eigenvalue weighted by Crippen LogP contribution is -2.30. The molecule has 1 aromatic heterocycles. The van der Waals surface area contributed by atoms with Crippen LogP contribution in [0.2, 0.25) is 5.02 Å². The first-order valence-corrected chi connectivity index (χ1v) is 8.03. The van der Waals surface area contributed by atoms with Gasteiger partial charge in [-0.2, -0.15) is 0 Å². The van der Waals surface area contributed by atoms with E-state index in [1.807, 2.05) is 62.2 Å². The Morgan fingerprint density at radius 1 is 1.09 bits per heavy atom. The fraction of sp³-hybridized carbons (Fsp3) is 0.188. The van der Waals surface area contributed by atoms with Gasteiger partial charge in [0.15, 0.2) is 0 Å². The van der Waals surface area contributed by atoms with Crippen molar-refractivity contribution < 1.29 is 0 Å². The summed E-state index contributed by atoms with van der Waals surface area (Å²) in [7, 11) is 6.05. The van der Waals surface area contributed by atoms with Crippen LogP contribution in [0.4, 0.5) is 11.4 Å². The molecule has 0 atom stereocenters. The standard InChI is InChI=1S/C16H17ClN4S/c1-19(2)15-6-4-5-13(11-15)18-16-20(3)21(22-16)14-9-7-12(17)8-10-14/h4-11H,1-3H3. The molecule has 0 aliphatic rings. The molecule has 0 aliphatic carbocycles. The van der Waals surface area contributed by atoms with E-state index in [0.29, 0.717) is 0 Å². The van der Waals surface area contributed by atoms with E-state index in [-0.39, 0.29) is 0 Å². The molecule has 0 spiro atoms. The Balaban J connectivity index is 1.92. The third-order valence-corrected chi connectivity index (χ3v) is 4.74. The SMILES string of the molecule is CN(C)c1cccc(N=c2sn(-c3ccc(Cl)cc3)n2C)c1. The zero-order valence-corrected chi connectivity index (χ0v) is 14.3. The molecule has 22 heavy (non-hydrogen) atoms. The highest BCUT2D eigenvalue weighted by molar-refractivity contribution is 7.04. The van der Waals surface area contributed by atoms with Crippen LogP contribution in [0.25, 0.3) is 5.69 Å². The normalized spacial score (nSPS) is 11.9. The van der Waals surface area contributed by atoms with Crippen molar-refractivity contribution in [2.75, 3.05) is 19.0 Å². The molecule has 3 rings (SSSR count). The van der Waals surface area contributed by atoms with Crippen LogP contribution in [0.15, 0.2) is 53.5 Å². The van der Waals surface area contributed by atoms with Crippen molar-refractivity contribution in [2.24, 2.45) is 12.0 Å². The maximum Gasteiger partial charge on any atom is 0.223 e. The first-order chi connectivity index (χ1) is 10.5. The van der Waals surface area contributed by atoms with Crippen molar-refractivity contribution >= 4 is 34.5 Å². The van der Waals surface area contributed by atoms with E-state index < -0.39 is 0 Å². The van der Waals surface area contributed by atoms with Crippen LogP contribution in [-0.2, 0) is 7.05 Å². The summed E-state index contributed by atoms with van der Waals surface area (Å²) >= 11 is 7.53. The monoisotopic (exact) mass is 332 g/mol. The van der Waals surface area contributed by atoms with E-state index in [4.69, 9.17) is 16.6 Å². The lowest BCUT2D eigenvalue weighted by atomic mass is 10.3. The third-order valence-electron chi connectivity index (χ3n) is 3.34. The van der Waals surface area contributed by atoms with Gasteiger partial charge in [-0.1, -0.05) is 17.7 Å². The van der Waals surface area contributed by atoms with Crippen LogP contribution in [0.5, 0.6) is 0 Å². The average Bonchev–Trinajstić information content (AvgIpc) is 2.52. The molecular formula is C16H17ClN4S. The van der Waals surface area contributed by atoms with E-state index in [0.717, 1.165) is 26.9 Å². The molecule has 1 heterocycles.